The van der Waals surface area contributed by atoms with E-state index in [2.05, 4.69) is 13.8 Å². The van der Waals surface area contributed by atoms with Gasteiger partial charge in [-0.05, 0) is 0 Å². The zero-order chi connectivity index (χ0) is 22.0. The van der Waals surface area contributed by atoms with Crippen LogP contribution in [0, 0.1) is 0 Å². The Morgan fingerprint density at radius 1 is 0.929 bits per heavy atom. The normalized spacial score (nSPS) is 13.3. The summed E-state index contributed by atoms with van der Waals surface area (Å²) in [6.45, 7) is 5.44. The molecular formula is C18H35NaO8S. The molecule has 0 rings (SSSR count). The fraction of sp³-hybridized carbons (Fsp3) is 0.889. The van der Waals surface area contributed by atoms with E-state index in [4.69, 9.17) is 19.5 Å². The van der Waals surface area contributed by atoms with E-state index in [1.807, 2.05) is 0 Å². The standard InChI is InChI=1S/C14H29O.C4H6O7S.Na/c1-3-5-6-7-8-9-10-11-12-13-14-15-4-2;5-3(6)1-2(4(7)8)12(9,10)11;/h4H,3,5-14H2,1-2H3;2H,1H2,(H,5,6)(H,7,8)(H,9,10,11);. The smallest absolute Gasteiger partial charge is 0.325 e. The van der Waals surface area contributed by atoms with Crippen LogP contribution >= 0.6 is 0 Å². The number of carboxylic acids is 2. The van der Waals surface area contributed by atoms with Crippen LogP contribution in [-0.2, 0) is 24.4 Å². The van der Waals surface area contributed by atoms with E-state index in [0.29, 0.717) is 3.35 Å². The van der Waals surface area contributed by atoms with Gasteiger partial charge in [-0.1, -0.05) is 13.3 Å². The molecular weight excluding hydrogens is 399 g/mol. The first-order chi connectivity index (χ1) is 13.0. The van der Waals surface area contributed by atoms with Crippen molar-refractivity contribution in [1.82, 2.24) is 0 Å². The number of rotatable bonds is 16. The molecule has 2 unspecified atom stereocenters. The molecule has 0 aromatic rings. The average molecular weight is 435 g/mol. The Balaban J connectivity index is 0. The van der Waals surface area contributed by atoms with Crippen molar-refractivity contribution in [3.05, 3.63) is 0 Å². The number of hydrogen-bond acceptors (Lipinski definition) is 5. The van der Waals surface area contributed by atoms with Crippen LogP contribution in [0.15, 0.2) is 0 Å². The first kappa shape index (κ1) is 30.0. The second kappa shape index (κ2) is 18.8. The Morgan fingerprint density at radius 3 is 1.64 bits per heavy atom. The molecule has 0 spiro atoms. The van der Waals surface area contributed by atoms with Gasteiger partial charge in [0.2, 0.25) is 0 Å². The summed E-state index contributed by atoms with van der Waals surface area (Å²) in [5.74, 6) is -3.50. The molecule has 0 aromatic heterocycles. The first-order valence-electron chi connectivity index (χ1n) is 10.0. The van der Waals surface area contributed by atoms with Gasteiger partial charge in [-0.3, -0.25) is 14.1 Å². The predicted octanol–water partition coefficient (Wildman–Crippen LogP) is 3.24. The third-order valence-electron chi connectivity index (χ3n) is 3.94. The van der Waals surface area contributed by atoms with E-state index in [-0.39, 0.29) is 0 Å². The molecule has 0 aliphatic heterocycles. The van der Waals surface area contributed by atoms with Crippen LogP contribution in [0.4, 0.5) is 0 Å². The molecule has 28 heavy (non-hydrogen) atoms. The first-order valence-corrected chi connectivity index (χ1v) is 12.7. The summed E-state index contributed by atoms with van der Waals surface area (Å²) in [4.78, 5) is 20.0. The average Bonchev–Trinajstić information content (AvgIpc) is 2.56. The van der Waals surface area contributed by atoms with Gasteiger partial charge in [0.1, 0.15) is 0 Å². The van der Waals surface area contributed by atoms with E-state index in [0.717, 1.165) is 6.61 Å². The van der Waals surface area contributed by atoms with Crippen molar-refractivity contribution >= 4 is 50.0 Å². The maximum atomic E-state index is 10.2. The van der Waals surface area contributed by atoms with E-state index < -0.39 is 33.7 Å². The molecule has 0 heterocycles. The van der Waals surface area contributed by atoms with Crippen LogP contribution in [0.2, 0.25) is 0 Å². The largest absolute Gasteiger partial charge is 0.481 e. The van der Waals surface area contributed by atoms with Crippen molar-refractivity contribution in [3.63, 3.8) is 0 Å². The number of ether oxygens (including phenoxy) is 1. The monoisotopic (exact) mass is 434 g/mol. The number of hydrogen-bond donors (Lipinski definition) is 3. The summed E-state index contributed by atoms with van der Waals surface area (Å²) >= 11 is 1.17. The number of carbonyl (C=O) groups is 2. The van der Waals surface area contributed by atoms with Gasteiger partial charge in [0.15, 0.2) is 5.25 Å². The van der Waals surface area contributed by atoms with Crippen LogP contribution in [0.3, 0.4) is 0 Å². The SMILES string of the molecule is CCCCCCCCCCCCO[CH](C)[Na].O=C(O)CC(C(=O)O)S(=O)(=O)O. The molecule has 0 aliphatic rings. The second-order valence-electron chi connectivity index (χ2n) is 7.04. The minimum absolute atomic E-state index is 0.540. The Bertz CT molecular complexity index is 508. The number of unbranched alkanes of at least 4 members (excludes halogenated alkanes) is 9. The van der Waals surface area contributed by atoms with Crippen LogP contribution in [0.1, 0.15) is 84.5 Å². The Morgan fingerprint density at radius 2 is 1.36 bits per heavy atom. The number of aliphatic carboxylic acids is 2. The fourth-order valence-electron chi connectivity index (χ4n) is 2.39. The van der Waals surface area contributed by atoms with Gasteiger partial charge >= 0.3 is 119 Å². The Kier molecular flexibility index (Phi) is 20.2. The summed E-state index contributed by atoms with van der Waals surface area (Å²) in [5.41, 5.74) is 0. The maximum Gasteiger partial charge on any atom is 0.325 e. The molecule has 3 N–H and O–H groups in total. The molecule has 0 bridgehead atoms. The van der Waals surface area contributed by atoms with E-state index >= 15 is 0 Å². The summed E-state index contributed by atoms with van der Waals surface area (Å²) < 4.78 is 34.8. The molecule has 10 heteroatoms. The molecule has 0 aliphatic carbocycles. The Hall–Kier alpha value is -0.190. The summed E-state index contributed by atoms with van der Waals surface area (Å²) in [6, 6.07) is 0. The molecule has 0 saturated heterocycles. The molecule has 8 nitrogen and oxygen atoms in total. The molecule has 0 fully saturated rings. The topological polar surface area (TPSA) is 138 Å². The summed E-state index contributed by atoms with van der Waals surface area (Å²) in [5, 5.41) is 13.9. The van der Waals surface area contributed by atoms with Crippen LogP contribution < -0.4 is 0 Å². The van der Waals surface area contributed by atoms with Crippen molar-refractivity contribution in [3.8, 4) is 0 Å². The fourth-order valence-corrected chi connectivity index (χ4v) is 3.23. The molecule has 0 saturated carbocycles. The molecule has 2 atom stereocenters. The summed E-state index contributed by atoms with van der Waals surface area (Å²) in [7, 11) is -4.84. The van der Waals surface area contributed by atoms with Crippen molar-refractivity contribution in [2.45, 2.75) is 93.1 Å². The van der Waals surface area contributed by atoms with Crippen LogP contribution in [-0.4, -0.2) is 78.3 Å². The van der Waals surface area contributed by atoms with Gasteiger partial charge < -0.3 is 10.2 Å². The predicted molar refractivity (Wildman–Crippen MR) is 108 cm³/mol. The summed E-state index contributed by atoms with van der Waals surface area (Å²) in [6.07, 6.45) is 12.9. The third kappa shape index (κ3) is 22.1. The molecule has 0 aromatic carbocycles. The van der Waals surface area contributed by atoms with Gasteiger partial charge in [0.05, 0.1) is 6.42 Å². The van der Waals surface area contributed by atoms with Crippen molar-refractivity contribution in [2.24, 2.45) is 0 Å². The van der Waals surface area contributed by atoms with Crippen molar-refractivity contribution in [2.75, 3.05) is 6.61 Å². The zero-order valence-electron chi connectivity index (χ0n) is 17.4. The van der Waals surface area contributed by atoms with E-state index in [1.165, 1.54) is 92.1 Å². The van der Waals surface area contributed by atoms with E-state index in [1.54, 1.807) is 0 Å². The quantitative estimate of drug-likeness (QED) is 0.191. The zero-order valence-corrected chi connectivity index (χ0v) is 20.2. The van der Waals surface area contributed by atoms with Gasteiger partial charge in [-0.2, -0.15) is 8.42 Å². The third-order valence-corrected chi connectivity index (χ3v) is 5.36. The minimum Gasteiger partial charge on any atom is -0.481 e. The second-order valence-corrected chi connectivity index (χ2v) is 10.3. The maximum absolute atomic E-state index is 10.2. The van der Waals surface area contributed by atoms with Gasteiger partial charge in [0, 0.05) is 0 Å². The molecule has 0 amide bonds. The number of carboxylic acid groups (broad SMARTS) is 2. The van der Waals surface area contributed by atoms with Crippen molar-refractivity contribution < 1.29 is 37.5 Å². The van der Waals surface area contributed by atoms with Crippen LogP contribution in [0.5, 0.6) is 0 Å². The van der Waals surface area contributed by atoms with Gasteiger partial charge in [-0.25, -0.2) is 0 Å². The van der Waals surface area contributed by atoms with Crippen molar-refractivity contribution in [1.29, 1.82) is 0 Å². The van der Waals surface area contributed by atoms with Gasteiger partial charge in [-0.15, -0.1) is 0 Å². The molecule has 162 valence electrons. The van der Waals surface area contributed by atoms with Gasteiger partial charge in [0.25, 0.3) is 10.1 Å². The molecule has 0 radical (unpaired) electrons. The van der Waals surface area contributed by atoms with E-state index in [9.17, 15) is 18.0 Å². The van der Waals surface area contributed by atoms with Crippen LogP contribution in [0.25, 0.3) is 0 Å². The Labute approximate surface area is 186 Å². The minimum atomic E-state index is -4.84.